The zero-order chi connectivity index (χ0) is 35.3. The first-order chi connectivity index (χ1) is 26.0. The monoisotopic (exact) mass is 681 g/mol. The number of nitrogens with zero attached hydrogens (tertiary/aromatic N) is 3. The van der Waals surface area contributed by atoms with Crippen molar-refractivity contribution in [3.63, 3.8) is 0 Å². The molecule has 0 amide bonds. The number of furan rings is 2. The van der Waals surface area contributed by atoms with Crippen LogP contribution in [-0.4, -0.2) is 15.0 Å². The van der Waals surface area contributed by atoms with E-state index in [0.29, 0.717) is 17.5 Å². The molecule has 0 radical (unpaired) electrons. The van der Waals surface area contributed by atoms with Gasteiger partial charge in [0.05, 0.1) is 0 Å². The van der Waals surface area contributed by atoms with Crippen molar-refractivity contribution in [3.8, 4) is 56.4 Å². The zero-order valence-electron chi connectivity index (χ0n) is 29.1. The highest BCUT2D eigenvalue weighted by atomic mass is 16.3. The molecule has 0 bridgehead atoms. The summed E-state index contributed by atoms with van der Waals surface area (Å²) in [4.78, 5) is 15.2. The van der Waals surface area contributed by atoms with Crippen LogP contribution in [0.1, 0.15) is 25.0 Å². The van der Waals surface area contributed by atoms with E-state index in [1.165, 1.54) is 22.3 Å². The summed E-state index contributed by atoms with van der Waals surface area (Å²) in [6.45, 7) is 4.59. The first-order valence-electron chi connectivity index (χ1n) is 17.9. The Morgan fingerprint density at radius 2 is 0.943 bits per heavy atom. The van der Waals surface area contributed by atoms with Crippen LogP contribution in [0.25, 0.3) is 100 Å². The Kier molecular flexibility index (Phi) is 6.23. The van der Waals surface area contributed by atoms with E-state index in [-0.39, 0.29) is 5.41 Å². The molecule has 0 atom stereocenters. The summed E-state index contributed by atoms with van der Waals surface area (Å²) >= 11 is 0. The van der Waals surface area contributed by atoms with Gasteiger partial charge in [0.1, 0.15) is 22.3 Å². The lowest BCUT2D eigenvalue weighted by atomic mass is 9.82. The maximum Gasteiger partial charge on any atom is 0.164 e. The molecule has 0 fully saturated rings. The van der Waals surface area contributed by atoms with Crippen molar-refractivity contribution in [2.24, 2.45) is 0 Å². The Balaban J connectivity index is 1.03. The molecule has 3 heterocycles. The topological polar surface area (TPSA) is 65.0 Å². The molecule has 0 unspecified atom stereocenters. The Morgan fingerprint density at radius 1 is 0.377 bits per heavy atom. The second-order valence-electron chi connectivity index (χ2n) is 14.4. The average molecular weight is 682 g/mol. The fourth-order valence-electron chi connectivity index (χ4n) is 8.27. The Labute approximate surface area is 305 Å². The molecule has 10 aromatic rings. The van der Waals surface area contributed by atoms with E-state index in [2.05, 4.69) is 111 Å². The van der Waals surface area contributed by atoms with Crippen LogP contribution in [0, 0.1) is 0 Å². The minimum Gasteiger partial charge on any atom is -0.456 e. The Hall–Kier alpha value is -6.85. The van der Waals surface area contributed by atoms with Gasteiger partial charge in [-0.1, -0.05) is 129 Å². The lowest BCUT2D eigenvalue weighted by Crippen LogP contribution is -2.14. The van der Waals surface area contributed by atoms with Crippen molar-refractivity contribution in [2.75, 3.05) is 0 Å². The van der Waals surface area contributed by atoms with Crippen molar-refractivity contribution >= 4 is 43.9 Å². The summed E-state index contributed by atoms with van der Waals surface area (Å²) < 4.78 is 12.9. The van der Waals surface area contributed by atoms with Crippen LogP contribution in [0.3, 0.4) is 0 Å². The zero-order valence-corrected chi connectivity index (χ0v) is 29.1. The third kappa shape index (κ3) is 4.54. The molecule has 250 valence electrons. The van der Waals surface area contributed by atoms with E-state index >= 15 is 0 Å². The SMILES string of the molecule is CC1(C)c2ccccc2-c2cc(-c3nc(-c4ccccc4)nc(-c4ccc5c(c4)oc4cc(-c6cccc7c6oc6ccccc67)ccc45)n3)ccc21. The van der Waals surface area contributed by atoms with Crippen LogP contribution >= 0.6 is 0 Å². The van der Waals surface area contributed by atoms with Gasteiger partial charge in [-0.25, -0.2) is 15.0 Å². The molecule has 0 spiro atoms. The van der Waals surface area contributed by atoms with Gasteiger partial charge in [0.15, 0.2) is 17.5 Å². The van der Waals surface area contributed by atoms with Gasteiger partial charge in [0.2, 0.25) is 0 Å². The van der Waals surface area contributed by atoms with E-state index < -0.39 is 0 Å². The molecule has 7 aromatic carbocycles. The third-order valence-electron chi connectivity index (χ3n) is 11.0. The molecule has 0 aliphatic heterocycles. The lowest BCUT2D eigenvalue weighted by molar-refractivity contribution is 0.660. The van der Waals surface area contributed by atoms with E-state index in [4.69, 9.17) is 23.8 Å². The van der Waals surface area contributed by atoms with Crippen LogP contribution in [0.5, 0.6) is 0 Å². The summed E-state index contributed by atoms with van der Waals surface area (Å²) in [6.07, 6.45) is 0. The highest BCUT2D eigenvalue weighted by molar-refractivity contribution is 6.11. The molecule has 1 aliphatic rings. The number of aromatic nitrogens is 3. The van der Waals surface area contributed by atoms with Crippen LogP contribution in [0.4, 0.5) is 0 Å². The third-order valence-corrected chi connectivity index (χ3v) is 11.0. The maximum absolute atomic E-state index is 6.58. The van der Waals surface area contributed by atoms with Gasteiger partial charge < -0.3 is 8.83 Å². The quantitative estimate of drug-likeness (QED) is 0.185. The first-order valence-corrected chi connectivity index (χ1v) is 17.9. The number of hydrogen-bond donors (Lipinski definition) is 0. The van der Waals surface area contributed by atoms with Crippen molar-refractivity contribution in [3.05, 3.63) is 163 Å². The number of fused-ring (bicyclic) bond motifs is 9. The Bertz CT molecular complexity index is 3100. The highest BCUT2D eigenvalue weighted by Gasteiger charge is 2.35. The van der Waals surface area contributed by atoms with Gasteiger partial charge >= 0.3 is 0 Å². The average Bonchev–Trinajstić information content (AvgIpc) is 3.85. The van der Waals surface area contributed by atoms with E-state index in [0.717, 1.165) is 71.7 Å². The van der Waals surface area contributed by atoms with Crippen molar-refractivity contribution in [1.82, 2.24) is 15.0 Å². The van der Waals surface area contributed by atoms with Gasteiger partial charge in [-0.05, 0) is 64.2 Å². The molecule has 1 aliphatic carbocycles. The van der Waals surface area contributed by atoms with E-state index in [1.54, 1.807) is 0 Å². The van der Waals surface area contributed by atoms with Gasteiger partial charge in [0.25, 0.3) is 0 Å². The maximum atomic E-state index is 6.58. The summed E-state index contributed by atoms with van der Waals surface area (Å²) in [7, 11) is 0. The molecule has 5 nitrogen and oxygen atoms in total. The van der Waals surface area contributed by atoms with E-state index in [9.17, 15) is 0 Å². The minimum atomic E-state index is -0.0760. The second kappa shape index (κ2) is 11.1. The van der Waals surface area contributed by atoms with Crippen molar-refractivity contribution in [2.45, 2.75) is 19.3 Å². The van der Waals surface area contributed by atoms with Gasteiger partial charge in [-0.15, -0.1) is 0 Å². The highest BCUT2D eigenvalue weighted by Crippen LogP contribution is 2.49. The van der Waals surface area contributed by atoms with Gasteiger partial charge in [-0.3, -0.25) is 0 Å². The Morgan fingerprint density at radius 3 is 1.75 bits per heavy atom. The summed E-state index contributed by atoms with van der Waals surface area (Å²) in [6, 6.07) is 52.5. The lowest BCUT2D eigenvalue weighted by Gasteiger charge is -2.21. The van der Waals surface area contributed by atoms with Gasteiger partial charge in [-0.2, -0.15) is 0 Å². The molecular weight excluding hydrogens is 651 g/mol. The normalized spacial score (nSPS) is 13.2. The molecule has 11 rings (SSSR count). The van der Waals surface area contributed by atoms with Crippen LogP contribution in [0.2, 0.25) is 0 Å². The number of rotatable bonds is 4. The van der Waals surface area contributed by atoms with Crippen LogP contribution in [0.15, 0.2) is 160 Å². The molecule has 0 saturated heterocycles. The smallest absolute Gasteiger partial charge is 0.164 e. The largest absolute Gasteiger partial charge is 0.456 e. The summed E-state index contributed by atoms with van der Waals surface area (Å²) in [5.41, 5.74) is 13.2. The fourth-order valence-corrected chi connectivity index (χ4v) is 8.27. The molecule has 3 aromatic heterocycles. The fraction of sp³-hybridized carbons (Fsp3) is 0.0625. The summed E-state index contributed by atoms with van der Waals surface area (Å²) in [5.74, 6) is 1.85. The van der Waals surface area contributed by atoms with Crippen LogP contribution in [-0.2, 0) is 5.41 Å². The number of benzene rings is 7. The molecule has 53 heavy (non-hydrogen) atoms. The predicted molar refractivity (Wildman–Crippen MR) is 214 cm³/mol. The molecular formula is C48H31N3O2. The summed E-state index contributed by atoms with van der Waals surface area (Å²) in [5, 5.41) is 4.31. The van der Waals surface area contributed by atoms with Crippen molar-refractivity contribution in [1.29, 1.82) is 0 Å². The molecule has 0 N–H and O–H groups in total. The minimum absolute atomic E-state index is 0.0760. The second-order valence-corrected chi connectivity index (χ2v) is 14.4. The first kappa shape index (κ1) is 29.8. The molecule has 5 heteroatoms. The predicted octanol–water partition coefficient (Wildman–Crippen LogP) is 12.6. The van der Waals surface area contributed by atoms with Crippen LogP contribution < -0.4 is 0 Å². The van der Waals surface area contributed by atoms with Crippen molar-refractivity contribution < 1.29 is 8.83 Å². The van der Waals surface area contributed by atoms with E-state index in [1.807, 2.05) is 54.6 Å². The number of hydrogen-bond acceptors (Lipinski definition) is 5. The standard InChI is InChI=1S/C48H31N3O2/c1-48(2)39-17-8-6-13-33(39)38-25-30(21-24-40(38)48)46-49-45(28-11-4-3-5-12-28)50-47(51-46)31-20-23-36-35-22-19-29(26-42(35)52-43(36)27-31)32-15-10-16-37-34-14-7-9-18-41(34)53-44(32)37/h3-27H,1-2H3. The number of para-hydroxylation sites is 2. The molecule has 0 saturated carbocycles. The van der Waals surface area contributed by atoms with Gasteiger partial charge in [0, 0.05) is 49.2 Å².